The maximum absolute atomic E-state index is 11.9. The second kappa shape index (κ2) is 7.14. The summed E-state index contributed by atoms with van der Waals surface area (Å²) in [5.41, 5.74) is 0.522. The smallest absolute Gasteiger partial charge is 0.406 e. The van der Waals surface area contributed by atoms with E-state index in [0.717, 1.165) is 12.1 Å². The quantitative estimate of drug-likeness (QED) is 0.781. The van der Waals surface area contributed by atoms with Crippen molar-refractivity contribution in [1.29, 1.82) is 0 Å². The van der Waals surface area contributed by atoms with Gasteiger partial charge in [-0.05, 0) is 24.1 Å². The van der Waals surface area contributed by atoms with E-state index < -0.39 is 16.4 Å². The molecule has 0 amide bonds. The molecular weight excluding hydrogens is 319 g/mol. The summed E-state index contributed by atoms with van der Waals surface area (Å²) >= 11 is 5.40. The van der Waals surface area contributed by atoms with Crippen LogP contribution in [0.3, 0.4) is 0 Å². The fraction of sp³-hybridized carbons (Fsp3) is 0.455. The predicted molar refractivity (Wildman–Crippen MR) is 69.1 cm³/mol. The Morgan fingerprint density at radius 1 is 1.20 bits per heavy atom. The van der Waals surface area contributed by atoms with Gasteiger partial charge in [-0.25, -0.2) is 13.1 Å². The van der Waals surface area contributed by atoms with Crippen molar-refractivity contribution in [1.82, 2.24) is 4.72 Å². The molecule has 0 spiro atoms. The molecular formula is C11H13ClF3NO3S. The van der Waals surface area contributed by atoms with E-state index in [2.05, 4.69) is 9.46 Å². The molecule has 0 radical (unpaired) electrons. The molecule has 1 rings (SSSR count). The highest BCUT2D eigenvalue weighted by atomic mass is 35.5. The summed E-state index contributed by atoms with van der Waals surface area (Å²) < 4.78 is 64.8. The number of hydrogen-bond acceptors (Lipinski definition) is 3. The van der Waals surface area contributed by atoms with Crippen molar-refractivity contribution < 1.29 is 26.3 Å². The van der Waals surface area contributed by atoms with Gasteiger partial charge in [0.1, 0.15) is 5.75 Å². The number of nitrogens with one attached hydrogen (secondary N) is 1. The molecule has 1 N–H and O–H groups in total. The minimum Gasteiger partial charge on any atom is -0.406 e. The summed E-state index contributed by atoms with van der Waals surface area (Å²) in [4.78, 5) is 0. The molecule has 20 heavy (non-hydrogen) atoms. The van der Waals surface area contributed by atoms with E-state index in [0.29, 0.717) is 12.0 Å². The molecule has 0 aliphatic carbocycles. The normalized spacial score (nSPS) is 12.4. The standard InChI is InChI=1S/C11H13ClF3NO3S/c12-6-1-7-20(17,18)16-8-9-2-4-10(5-3-9)19-11(13,14)15/h2-5,16H,1,6-8H2. The largest absolute Gasteiger partial charge is 0.573 e. The van der Waals surface area contributed by atoms with Gasteiger partial charge in [-0.3, -0.25) is 0 Å². The first-order chi connectivity index (χ1) is 9.22. The fourth-order valence-electron chi connectivity index (χ4n) is 1.32. The molecule has 0 fully saturated rings. The molecule has 1 aromatic carbocycles. The van der Waals surface area contributed by atoms with E-state index in [1.54, 1.807) is 0 Å². The van der Waals surface area contributed by atoms with Gasteiger partial charge < -0.3 is 4.74 Å². The van der Waals surface area contributed by atoms with Gasteiger partial charge in [-0.1, -0.05) is 12.1 Å². The number of halogens is 4. The minimum absolute atomic E-state index is 0.00306. The average Bonchev–Trinajstić information content (AvgIpc) is 2.34. The zero-order valence-electron chi connectivity index (χ0n) is 10.3. The van der Waals surface area contributed by atoms with Gasteiger partial charge in [-0.15, -0.1) is 24.8 Å². The maximum Gasteiger partial charge on any atom is 0.573 e. The highest BCUT2D eigenvalue weighted by Gasteiger charge is 2.30. The molecule has 0 atom stereocenters. The van der Waals surface area contributed by atoms with E-state index >= 15 is 0 Å². The van der Waals surface area contributed by atoms with E-state index in [4.69, 9.17) is 11.6 Å². The summed E-state index contributed by atoms with van der Waals surface area (Å²) in [6, 6.07) is 4.95. The minimum atomic E-state index is -4.75. The second-order valence-corrected chi connectivity index (χ2v) is 6.18. The van der Waals surface area contributed by atoms with Crippen LogP contribution < -0.4 is 9.46 Å². The molecule has 0 aliphatic heterocycles. The van der Waals surface area contributed by atoms with Gasteiger partial charge in [0.15, 0.2) is 0 Å². The van der Waals surface area contributed by atoms with Crippen LogP contribution in [-0.4, -0.2) is 26.4 Å². The summed E-state index contributed by atoms with van der Waals surface area (Å²) in [5.74, 6) is -0.206. The number of rotatable bonds is 7. The van der Waals surface area contributed by atoms with Gasteiger partial charge in [0, 0.05) is 12.4 Å². The van der Waals surface area contributed by atoms with Crippen LogP contribution in [0.25, 0.3) is 0 Å². The number of sulfonamides is 1. The van der Waals surface area contributed by atoms with Gasteiger partial charge in [0.05, 0.1) is 5.75 Å². The molecule has 0 aliphatic rings. The SMILES string of the molecule is O=S(=O)(CCCCl)NCc1ccc(OC(F)(F)F)cc1. The van der Waals surface area contributed by atoms with Crippen LogP contribution in [0, 0.1) is 0 Å². The molecule has 9 heteroatoms. The first kappa shape index (κ1) is 17.1. The van der Waals surface area contributed by atoms with E-state index in [-0.39, 0.29) is 23.9 Å². The average molecular weight is 332 g/mol. The van der Waals surface area contributed by atoms with Gasteiger partial charge in [-0.2, -0.15) is 0 Å². The van der Waals surface area contributed by atoms with E-state index in [9.17, 15) is 21.6 Å². The second-order valence-electron chi connectivity index (χ2n) is 3.87. The predicted octanol–water partition coefficient (Wildman–Crippen LogP) is 2.63. The van der Waals surface area contributed by atoms with Gasteiger partial charge >= 0.3 is 6.36 Å². The Hall–Kier alpha value is -0.990. The number of benzene rings is 1. The van der Waals surface area contributed by atoms with E-state index in [1.165, 1.54) is 12.1 Å². The molecule has 0 bridgehead atoms. The zero-order chi connectivity index (χ0) is 15.2. The van der Waals surface area contributed by atoms with Crippen molar-refractivity contribution in [3.8, 4) is 5.75 Å². The first-order valence-electron chi connectivity index (χ1n) is 5.60. The van der Waals surface area contributed by atoms with Crippen molar-refractivity contribution in [3.63, 3.8) is 0 Å². The van der Waals surface area contributed by atoms with Gasteiger partial charge in [0.2, 0.25) is 10.0 Å². The number of alkyl halides is 4. The zero-order valence-corrected chi connectivity index (χ0v) is 11.9. The lowest BCUT2D eigenvalue weighted by Gasteiger charge is -2.10. The lowest BCUT2D eigenvalue weighted by molar-refractivity contribution is -0.274. The Labute approximate surface area is 119 Å². The molecule has 4 nitrogen and oxygen atoms in total. The molecule has 0 aromatic heterocycles. The highest BCUT2D eigenvalue weighted by molar-refractivity contribution is 7.89. The lowest BCUT2D eigenvalue weighted by Crippen LogP contribution is -2.26. The monoisotopic (exact) mass is 331 g/mol. The Balaban J connectivity index is 2.54. The third kappa shape index (κ3) is 6.97. The van der Waals surface area contributed by atoms with Crippen LogP contribution in [-0.2, 0) is 16.6 Å². The van der Waals surface area contributed by atoms with Crippen LogP contribution in [0.15, 0.2) is 24.3 Å². The van der Waals surface area contributed by atoms with Crippen molar-refractivity contribution >= 4 is 21.6 Å². The Kier molecular flexibility index (Phi) is 6.09. The third-order valence-corrected chi connectivity index (χ3v) is 3.88. The van der Waals surface area contributed by atoms with Crippen molar-refractivity contribution in [3.05, 3.63) is 29.8 Å². The van der Waals surface area contributed by atoms with Crippen LogP contribution in [0.5, 0.6) is 5.75 Å². The van der Waals surface area contributed by atoms with Crippen molar-refractivity contribution in [2.45, 2.75) is 19.3 Å². The highest BCUT2D eigenvalue weighted by Crippen LogP contribution is 2.22. The van der Waals surface area contributed by atoms with Gasteiger partial charge in [0.25, 0.3) is 0 Å². The number of ether oxygens (including phenoxy) is 1. The van der Waals surface area contributed by atoms with Crippen LogP contribution in [0.2, 0.25) is 0 Å². The summed E-state index contributed by atoms with van der Waals surface area (Å²) in [7, 11) is -3.43. The molecule has 114 valence electrons. The maximum atomic E-state index is 11.9. The van der Waals surface area contributed by atoms with Crippen LogP contribution >= 0.6 is 11.6 Å². The Morgan fingerprint density at radius 2 is 1.80 bits per heavy atom. The van der Waals surface area contributed by atoms with E-state index in [1.807, 2.05) is 0 Å². The topological polar surface area (TPSA) is 55.4 Å². The third-order valence-electron chi connectivity index (χ3n) is 2.20. The van der Waals surface area contributed by atoms with Crippen LogP contribution in [0.1, 0.15) is 12.0 Å². The molecule has 0 unspecified atom stereocenters. The Bertz CT molecular complexity index is 517. The first-order valence-corrected chi connectivity index (χ1v) is 7.78. The summed E-state index contributed by atoms with van der Waals surface area (Å²) in [6.45, 7) is -0.00306. The summed E-state index contributed by atoms with van der Waals surface area (Å²) in [5, 5.41) is 0. The molecule has 1 aromatic rings. The molecule has 0 saturated heterocycles. The van der Waals surface area contributed by atoms with Crippen molar-refractivity contribution in [2.75, 3.05) is 11.6 Å². The summed E-state index contributed by atoms with van der Waals surface area (Å²) in [6.07, 6.45) is -4.42. The Morgan fingerprint density at radius 3 is 2.30 bits per heavy atom. The fourth-order valence-corrected chi connectivity index (χ4v) is 2.67. The number of hydrogen-bond donors (Lipinski definition) is 1. The van der Waals surface area contributed by atoms with Crippen molar-refractivity contribution in [2.24, 2.45) is 0 Å². The molecule has 0 saturated carbocycles. The van der Waals surface area contributed by atoms with Crippen LogP contribution in [0.4, 0.5) is 13.2 Å². The molecule has 0 heterocycles. The lowest BCUT2D eigenvalue weighted by atomic mass is 10.2.